The largest absolute Gasteiger partial charge is 0.490 e. The van der Waals surface area contributed by atoms with Gasteiger partial charge in [0, 0.05) is 49.2 Å². The first kappa shape index (κ1) is 36.5. The Morgan fingerprint density at radius 1 is 0.980 bits per heavy atom. The maximum absolute atomic E-state index is 13.1. The van der Waals surface area contributed by atoms with Crippen molar-refractivity contribution < 1.29 is 33.5 Å². The van der Waals surface area contributed by atoms with Gasteiger partial charge in [0.1, 0.15) is 17.5 Å². The monoisotopic (exact) mass is 688 g/mol. The highest BCUT2D eigenvalue weighted by Gasteiger charge is 2.36. The van der Waals surface area contributed by atoms with Crippen LogP contribution in [0, 0.1) is 16.0 Å². The van der Waals surface area contributed by atoms with Gasteiger partial charge in [0.15, 0.2) is 0 Å². The molecule has 0 N–H and O–H groups in total. The van der Waals surface area contributed by atoms with Crippen LogP contribution >= 0.6 is 0 Å². The molecule has 2 atom stereocenters. The fourth-order valence-corrected chi connectivity index (χ4v) is 6.27. The first-order valence-electron chi connectivity index (χ1n) is 17.7. The van der Waals surface area contributed by atoms with Crippen LogP contribution in [0.15, 0.2) is 54.6 Å². The van der Waals surface area contributed by atoms with Gasteiger partial charge in [0.25, 0.3) is 5.69 Å². The number of carbonyl (C=O) groups is 2. The number of ether oxygens (including phenoxy) is 4. The molecule has 0 radical (unpaired) electrons. The molecule has 0 spiro atoms. The van der Waals surface area contributed by atoms with Crippen LogP contribution in [-0.2, 0) is 15.9 Å². The Morgan fingerprint density at radius 3 is 2.36 bits per heavy atom. The molecule has 1 amide bonds. The van der Waals surface area contributed by atoms with E-state index in [0.717, 1.165) is 54.7 Å². The van der Waals surface area contributed by atoms with Gasteiger partial charge in [0.2, 0.25) is 5.88 Å². The minimum absolute atomic E-state index is 0.0914. The fraction of sp³-hybridized carbons (Fsp3) is 0.526. The molecule has 12 nitrogen and oxygen atoms in total. The maximum Gasteiger partial charge on any atom is 0.410 e. The van der Waals surface area contributed by atoms with E-state index in [9.17, 15) is 19.7 Å². The van der Waals surface area contributed by atoms with E-state index < -0.39 is 34.6 Å². The molecule has 1 aliphatic heterocycles. The molecule has 2 aliphatic rings. The molecule has 1 saturated carbocycles. The summed E-state index contributed by atoms with van der Waals surface area (Å²) in [6.45, 7) is 8.20. The molecular formula is C38H48N4O8. The van der Waals surface area contributed by atoms with Gasteiger partial charge in [-0.25, -0.2) is 9.59 Å². The first-order valence-corrected chi connectivity index (χ1v) is 17.7. The zero-order chi connectivity index (χ0) is 35.7. The number of carbonyl (C=O) groups excluding carboxylic acids is 2. The average molecular weight is 689 g/mol. The lowest BCUT2D eigenvalue weighted by Crippen LogP contribution is -2.50. The number of nitro benzene ring substituents is 1. The van der Waals surface area contributed by atoms with Gasteiger partial charge >= 0.3 is 12.1 Å². The molecule has 2 aromatic carbocycles. The summed E-state index contributed by atoms with van der Waals surface area (Å²) in [6, 6.07) is 15.3. The molecule has 12 heteroatoms. The molecular weight excluding hydrogens is 640 g/mol. The lowest BCUT2D eigenvalue weighted by molar-refractivity contribution is -0.384. The van der Waals surface area contributed by atoms with Gasteiger partial charge in [0.05, 0.1) is 28.9 Å². The number of likely N-dealkylation sites (tertiary alicyclic amines) is 1. The summed E-state index contributed by atoms with van der Waals surface area (Å²) < 4.78 is 24.0. The van der Waals surface area contributed by atoms with Crippen molar-refractivity contribution in [1.82, 2.24) is 15.1 Å². The summed E-state index contributed by atoms with van der Waals surface area (Å²) in [5.41, 5.74) is 2.18. The highest BCUT2D eigenvalue weighted by molar-refractivity contribution is 5.89. The van der Waals surface area contributed by atoms with Crippen LogP contribution in [0.4, 0.5) is 10.5 Å². The Kier molecular flexibility index (Phi) is 12.3. The zero-order valence-electron chi connectivity index (χ0n) is 29.5. The van der Waals surface area contributed by atoms with Crippen molar-refractivity contribution >= 4 is 17.7 Å². The van der Waals surface area contributed by atoms with Crippen molar-refractivity contribution in [3.8, 4) is 22.8 Å². The summed E-state index contributed by atoms with van der Waals surface area (Å²) in [5, 5.41) is 20.0. The van der Waals surface area contributed by atoms with E-state index in [1.54, 1.807) is 4.90 Å². The standard InChI is InChI=1S/C38H48N4O8/c1-5-6-12-33-32(26-15-19-31(20-16-26)48-30-10-8-7-9-11-30)23-35(40-39-33)47-25-28-24-41(37(44)50-38(2,3)4)22-21-34(28)49-36(43)27-13-17-29(18-14-27)42(45)46/h13-20,23,28,30,34H,5-12,21-22,24-25H2,1-4H3. The SMILES string of the molecule is CCCCc1nnc(OCC2CN(C(=O)OC(C)(C)C)CCC2OC(=O)c2ccc([N+](=O)[O-])cc2)cc1-c1ccc(OC2CCCCC2)cc1. The number of non-ortho nitro benzene ring substituents is 1. The van der Waals surface area contributed by atoms with E-state index in [0.29, 0.717) is 18.8 Å². The number of nitrogens with zero attached hydrogens (tertiary/aromatic N) is 4. The smallest absolute Gasteiger partial charge is 0.410 e. The van der Waals surface area contributed by atoms with Gasteiger partial charge in [-0.3, -0.25) is 10.1 Å². The third kappa shape index (κ3) is 10.1. The Bertz CT molecular complexity index is 1600. The van der Waals surface area contributed by atoms with E-state index in [-0.39, 0.29) is 30.5 Å². The first-order chi connectivity index (χ1) is 24.0. The summed E-state index contributed by atoms with van der Waals surface area (Å²) in [5.74, 6) is 0.145. The van der Waals surface area contributed by atoms with Gasteiger partial charge in [-0.2, -0.15) is 5.10 Å². The summed E-state index contributed by atoms with van der Waals surface area (Å²) in [4.78, 5) is 38.2. The Labute approximate surface area is 293 Å². The van der Waals surface area contributed by atoms with Crippen molar-refractivity contribution in [2.45, 2.75) is 103 Å². The minimum Gasteiger partial charge on any atom is -0.490 e. The van der Waals surface area contributed by atoms with Crippen LogP contribution in [0.3, 0.4) is 0 Å². The van der Waals surface area contributed by atoms with Crippen LogP contribution in [0.5, 0.6) is 11.6 Å². The van der Waals surface area contributed by atoms with Crippen molar-refractivity contribution in [2.75, 3.05) is 19.7 Å². The molecule has 5 rings (SSSR count). The molecule has 268 valence electrons. The third-order valence-electron chi connectivity index (χ3n) is 8.97. The zero-order valence-corrected chi connectivity index (χ0v) is 29.5. The molecule has 1 saturated heterocycles. The number of aromatic nitrogens is 2. The Morgan fingerprint density at radius 2 is 1.70 bits per heavy atom. The third-order valence-corrected chi connectivity index (χ3v) is 8.97. The number of unbranched alkanes of at least 4 members (excludes halogenated alkanes) is 1. The van der Waals surface area contributed by atoms with Gasteiger partial charge in [-0.05, 0) is 89.1 Å². The molecule has 2 unspecified atom stereocenters. The number of amides is 1. The van der Waals surface area contributed by atoms with E-state index in [1.807, 2.05) is 51.1 Å². The predicted molar refractivity (Wildman–Crippen MR) is 187 cm³/mol. The average Bonchev–Trinajstić information content (AvgIpc) is 3.10. The van der Waals surface area contributed by atoms with Crippen LogP contribution in [0.2, 0.25) is 0 Å². The second-order valence-corrected chi connectivity index (χ2v) is 14.1. The van der Waals surface area contributed by atoms with Gasteiger partial charge in [-0.15, -0.1) is 5.10 Å². The van der Waals surface area contributed by atoms with E-state index in [4.69, 9.17) is 18.9 Å². The van der Waals surface area contributed by atoms with Crippen molar-refractivity contribution in [2.24, 2.45) is 5.92 Å². The lowest BCUT2D eigenvalue weighted by atomic mass is 9.95. The number of hydrogen-bond acceptors (Lipinski definition) is 10. The quantitative estimate of drug-likeness (QED) is 0.104. The molecule has 2 fully saturated rings. The van der Waals surface area contributed by atoms with Gasteiger partial charge < -0.3 is 23.8 Å². The topological polar surface area (TPSA) is 143 Å². The number of benzene rings is 2. The number of piperidine rings is 1. The summed E-state index contributed by atoms with van der Waals surface area (Å²) >= 11 is 0. The molecule has 2 heterocycles. The Balaban J connectivity index is 1.32. The number of rotatable bonds is 12. The predicted octanol–water partition coefficient (Wildman–Crippen LogP) is 7.97. The van der Waals surface area contributed by atoms with E-state index in [1.165, 1.54) is 43.5 Å². The second-order valence-electron chi connectivity index (χ2n) is 14.1. The number of hydrogen-bond donors (Lipinski definition) is 0. The summed E-state index contributed by atoms with van der Waals surface area (Å²) in [6.07, 6.45) is 8.19. The van der Waals surface area contributed by atoms with Crippen molar-refractivity contribution in [3.63, 3.8) is 0 Å². The highest BCUT2D eigenvalue weighted by Crippen LogP contribution is 2.31. The fourth-order valence-electron chi connectivity index (χ4n) is 6.27. The lowest BCUT2D eigenvalue weighted by Gasteiger charge is -2.38. The van der Waals surface area contributed by atoms with Crippen molar-refractivity contribution in [3.05, 3.63) is 76.0 Å². The normalized spacial score (nSPS) is 18.3. The van der Waals surface area contributed by atoms with Crippen LogP contribution < -0.4 is 9.47 Å². The molecule has 1 aromatic heterocycles. The molecule has 1 aliphatic carbocycles. The van der Waals surface area contributed by atoms with E-state index >= 15 is 0 Å². The number of esters is 1. The maximum atomic E-state index is 13.1. The van der Waals surface area contributed by atoms with Crippen LogP contribution in [0.1, 0.15) is 95.1 Å². The molecule has 50 heavy (non-hydrogen) atoms. The number of aryl methyl sites for hydroxylation is 1. The molecule has 3 aromatic rings. The minimum atomic E-state index is -0.673. The summed E-state index contributed by atoms with van der Waals surface area (Å²) in [7, 11) is 0. The molecule has 0 bridgehead atoms. The second kappa shape index (κ2) is 16.8. The number of nitro groups is 1. The van der Waals surface area contributed by atoms with Crippen LogP contribution in [-0.4, -0.2) is 69.6 Å². The van der Waals surface area contributed by atoms with Crippen molar-refractivity contribution in [1.29, 1.82) is 0 Å². The van der Waals surface area contributed by atoms with Gasteiger partial charge in [-0.1, -0.05) is 31.9 Å². The van der Waals surface area contributed by atoms with Crippen LogP contribution in [0.25, 0.3) is 11.1 Å². The Hall–Kier alpha value is -4.74. The highest BCUT2D eigenvalue weighted by atomic mass is 16.6. The van der Waals surface area contributed by atoms with E-state index in [2.05, 4.69) is 17.1 Å².